The summed E-state index contributed by atoms with van der Waals surface area (Å²) in [5.41, 5.74) is 1.24. The van der Waals surface area contributed by atoms with Crippen LogP contribution in [-0.2, 0) is 6.54 Å². The summed E-state index contributed by atoms with van der Waals surface area (Å²) in [6.45, 7) is 4.28. The third kappa shape index (κ3) is 13.9. The normalized spacial score (nSPS) is 11.1. The van der Waals surface area contributed by atoms with E-state index >= 15 is 0 Å². The molecule has 2 heteroatoms. The van der Waals surface area contributed by atoms with Gasteiger partial charge in [0.15, 0.2) is 0 Å². The highest BCUT2D eigenvalue weighted by atomic mass is 16.3. The van der Waals surface area contributed by atoms with Crippen molar-refractivity contribution >= 4 is 0 Å². The molecule has 0 aliphatic rings. The quantitative estimate of drug-likeness (QED) is 0.298. The SMILES string of the molecule is CCCCCCCCCCCCCCCCNCc1ccc(O)cc1. The van der Waals surface area contributed by atoms with Crippen molar-refractivity contribution in [2.24, 2.45) is 0 Å². The molecule has 0 aliphatic carbocycles. The van der Waals surface area contributed by atoms with Crippen LogP contribution < -0.4 is 5.32 Å². The van der Waals surface area contributed by atoms with Crippen LogP contribution in [0, 0.1) is 0 Å². The van der Waals surface area contributed by atoms with Crippen molar-refractivity contribution in [3.05, 3.63) is 29.8 Å². The monoisotopic (exact) mass is 347 g/mol. The fourth-order valence-corrected chi connectivity index (χ4v) is 3.29. The Labute approximate surface area is 156 Å². The van der Waals surface area contributed by atoms with Gasteiger partial charge in [0.25, 0.3) is 0 Å². The molecule has 1 aromatic rings. The standard InChI is InChI=1S/C23H41NO/c1-2-3-4-5-6-7-8-9-10-11-12-13-14-15-20-24-21-22-16-18-23(25)19-17-22/h16-19,24-25H,2-15,20-21H2,1H3. The Kier molecular flexibility index (Phi) is 14.5. The summed E-state index contributed by atoms with van der Waals surface area (Å²) in [7, 11) is 0. The van der Waals surface area contributed by atoms with Gasteiger partial charge in [-0.15, -0.1) is 0 Å². The van der Waals surface area contributed by atoms with Gasteiger partial charge in [-0.25, -0.2) is 0 Å². The molecule has 144 valence electrons. The van der Waals surface area contributed by atoms with E-state index in [2.05, 4.69) is 12.2 Å². The van der Waals surface area contributed by atoms with Crippen molar-refractivity contribution in [2.75, 3.05) is 6.54 Å². The van der Waals surface area contributed by atoms with Crippen LogP contribution in [0.25, 0.3) is 0 Å². The number of nitrogens with one attached hydrogen (secondary N) is 1. The van der Waals surface area contributed by atoms with Crippen LogP contribution in [0.4, 0.5) is 0 Å². The van der Waals surface area contributed by atoms with E-state index in [1.807, 2.05) is 12.1 Å². The lowest BCUT2D eigenvalue weighted by Gasteiger charge is -2.05. The molecule has 2 N–H and O–H groups in total. The van der Waals surface area contributed by atoms with Crippen LogP contribution in [0.2, 0.25) is 0 Å². The lowest BCUT2D eigenvalue weighted by Crippen LogP contribution is -2.14. The maximum Gasteiger partial charge on any atom is 0.115 e. The van der Waals surface area contributed by atoms with Gasteiger partial charge in [-0.05, 0) is 30.7 Å². The van der Waals surface area contributed by atoms with Crippen molar-refractivity contribution in [2.45, 2.75) is 103 Å². The molecule has 0 fully saturated rings. The highest BCUT2D eigenvalue weighted by molar-refractivity contribution is 5.25. The van der Waals surface area contributed by atoms with Gasteiger partial charge >= 0.3 is 0 Å². The van der Waals surface area contributed by atoms with Gasteiger partial charge in [0.1, 0.15) is 5.75 Å². The second-order valence-electron chi connectivity index (χ2n) is 7.44. The predicted octanol–water partition coefficient (Wildman–Crippen LogP) is 6.96. The molecule has 25 heavy (non-hydrogen) atoms. The Bertz CT molecular complexity index is 388. The summed E-state index contributed by atoms with van der Waals surface area (Å²) in [5.74, 6) is 0.343. The smallest absolute Gasteiger partial charge is 0.115 e. The number of phenols is 1. The molecule has 0 radical (unpaired) electrons. The number of aromatic hydroxyl groups is 1. The maximum atomic E-state index is 9.25. The Morgan fingerprint density at radius 1 is 0.640 bits per heavy atom. The van der Waals surface area contributed by atoms with Gasteiger partial charge in [0, 0.05) is 6.54 Å². The second kappa shape index (κ2) is 16.4. The first-order valence-electron chi connectivity index (χ1n) is 10.8. The minimum absolute atomic E-state index is 0.343. The topological polar surface area (TPSA) is 32.3 Å². The van der Waals surface area contributed by atoms with E-state index < -0.39 is 0 Å². The van der Waals surface area contributed by atoms with Gasteiger partial charge in [0.05, 0.1) is 0 Å². The van der Waals surface area contributed by atoms with E-state index in [0.29, 0.717) is 5.75 Å². The van der Waals surface area contributed by atoms with Gasteiger partial charge in [-0.1, -0.05) is 103 Å². The molecule has 1 rings (SSSR count). The summed E-state index contributed by atoms with van der Waals surface area (Å²) >= 11 is 0. The van der Waals surface area contributed by atoms with E-state index in [1.165, 1.54) is 95.5 Å². The molecular weight excluding hydrogens is 306 g/mol. The molecule has 0 heterocycles. The second-order valence-corrected chi connectivity index (χ2v) is 7.44. The molecule has 2 nitrogen and oxygen atoms in total. The zero-order valence-corrected chi connectivity index (χ0v) is 16.6. The van der Waals surface area contributed by atoms with Crippen LogP contribution in [-0.4, -0.2) is 11.7 Å². The number of hydrogen-bond acceptors (Lipinski definition) is 2. The summed E-state index contributed by atoms with van der Waals surface area (Å²) in [5, 5.41) is 12.7. The molecule has 0 unspecified atom stereocenters. The van der Waals surface area contributed by atoms with E-state index in [9.17, 15) is 5.11 Å². The average Bonchev–Trinajstić information content (AvgIpc) is 2.63. The zero-order valence-electron chi connectivity index (χ0n) is 16.6. The number of hydrogen-bond donors (Lipinski definition) is 2. The zero-order chi connectivity index (χ0) is 18.0. The van der Waals surface area contributed by atoms with Gasteiger partial charge in [-0.3, -0.25) is 0 Å². The van der Waals surface area contributed by atoms with Gasteiger partial charge in [0.2, 0.25) is 0 Å². The molecule has 0 bridgehead atoms. The van der Waals surface area contributed by atoms with Crippen molar-refractivity contribution in [3.8, 4) is 5.75 Å². The van der Waals surface area contributed by atoms with E-state index in [-0.39, 0.29) is 0 Å². The van der Waals surface area contributed by atoms with Crippen molar-refractivity contribution in [1.29, 1.82) is 0 Å². The molecule has 0 saturated carbocycles. The Morgan fingerprint density at radius 2 is 1.08 bits per heavy atom. The number of benzene rings is 1. The molecule has 0 saturated heterocycles. The summed E-state index contributed by atoms with van der Waals surface area (Å²) in [6, 6.07) is 7.47. The average molecular weight is 348 g/mol. The van der Waals surface area contributed by atoms with Crippen LogP contribution in [0.5, 0.6) is 5.75 Å². The minimum Gasteiger partial charge on any atom is -0.508 e. The summed E-state index contributed by atoms with van der Waals surface area (Å²) in [4.78, 5) is 0. The molecular formula is C23H41NO. The van der Waals surface area contributed by atoms with Crippen molar-refractivity contribution in [1.82, 2.24) is 5.32 Å². The van der Waals surface area contributed by atoms with Crippen LogP contribution in [0.1, 0.15) is 102 Å². The summed E-state index contributed by atoms with van der Waals surface area (Å²) < 4.78 is 0. The number of phenolic OH excluding ortho intramolecular Hbond substituents is 1. The molecule has 1 aromatic carbocycles. The fraction of sp³-hybridized carbons (Fsp3) is 0.739. The molecule has 0 aliphatic heterocycles. The van der Waals surface area contributed by atoms with E-state index in [4.69, 9.17) is 0 Å². The van der Waals surface area contributed by atoms with Crippen molar-refractivity contribution < 1.29 is 5.11 Å². The largest absolute Gasteiger partial charge is 0.508 e. The van der Waals surface area contributed by atoms with Gasteiger partial charge in [-0.2, -0.15) is 0 Å². The predicted molar refractivity (Wildman–Crippen MR) is 110 cm³/mol. The van der Waals surface area contributed by atoms with E-state index in [1.54, 1.807) is 12.1 Å². The third-order valence-corrected chi connectivity index (χ3v) is 4.97. The summed E-state index contributed by atoms with van der Waals surface area (Å²) in [6.07, 6.45) is 19.8. The minimum atomic E-state index is 0.343. The Hall–Kier alpha value is -1.02. The fourth-order valence-electron chi connectivity index (χ4n) is 3.29. The third-order valence-electron chi connectivity index (χ3n) is 4.97. The Morgan fingerprint density at radius 3 is 1.56 bits per heavy atom. The first-order valence-corrected chi connectivity index (χ1v) is 10.8. The lowest BCUT2D eigenvalue weighted by atomic mass is 10.0. The molecule has 0 aromatic heterocycles. The van der Waals surface area contributed by atoms with Crippen LogP contribution in [0.15, 0.2) is 24.3 Å². The van der Waals surface area contributed by atoms with E-state index in [0.717, 1.165) is 13.1 Å². The molecule has 0 amide bonds. The molecule has 0 spiro atoms. The van der Waals surface area contributed by atoms with Crippen LogP contribution in [0.3, 0.4) is 0 Å². The van der Waals surface area contributed by atoms with Crippen LogP contribution >= 0.6 is 0 Å². The first-order chi connectivity index (χ1) is 12.3. The number of rotatable bonds is 17. The highest BCUT2D eigenvalue weighted by Gasteiger charge is 1.95. The maximum absolute atomic E-state index is 9.25. The first kappa shape index (κ1) is 22.0. The number of unbranched alkanes of at least 4 members (excludes halogenated alkanes) is 13. The van der Waals surface area contributed by atoms with Crippen molar-refractivity contribution in [3.63, 3.8) is 0 Å². The molecule has 0 atom stereocenters. The lowest BCUT2D eigenvalue weighted by molar-refractivity contribution is 0.475. The van der Waals surface area contributed by atoms with Gasteiger partial charge < -0.3 is 10.4 Å². The highest BCUT2D eigenvalue weighted by Crippen LogP contribution is 2.13. The Balaban J connectivity index is 1.74.